The summed E-state index contributed by atoms with van der Waals surface area (Å²) in [4.78, 5) is 0. The summed E-state index contributed by atoms with van der Waals surface area (Å²) in [6.07, 6.45) is 3.83. The standard InChI is InChI=1S/C13H17N5/c1-13(7-2-8-13)9-18-12(15-16-17-18)10-3-5-11(14)6-4-10/h3-6H,2,7-9,14H2,1H3. The summed E-state index contributed by atoms with van der Waals surface area (Å²) in [7, 11) is 0. The first-order chi connectivity index (χ1) is 8.66. The van der Waals surface area contributed by atoms with E-state index in [1.165, 1.54) is 19.3 Å². The third kappa shape index (κ3) is 1.96. The van der Waals surface area contributed by atoms with Crippen LogP contribution < -0.4 is 5.73 Å². The van der Waals surface area contributed by atoms with E-state index < -0.39 is 0 Å². The first kappa shape index (κ1) is 11.2. The van der Waals surface area contributed by atoms with Crippen molar-refractivity contribution in [2.24, 2.45) is 5.41 Å². The average Bonchev–Trinajstić information content (AvgIpc) is 2.76. The smallest absolute Gasteiger partial charge is 0.182 e. The van der Waals surface area contributed by atoms with Crippen LogP contribution in [0.5, 0.6) is 0 Å². The van der Waals surface area contributed by atoms with Gasteiger partial charge < -0.3 is 5.73 Å². The molecule has 1 heterocycles. The minimum Gasteiger partial charge on any atom is -0.399 e. The van der Waals surface area contributed by atoms with Crippen molar-refractivity contribution < 1.29 is 0 Å². The van der Waals surface area contributed by atoms with Gasteiger partial charge in [0, 0.05) is 11.3 Å². The molecule has 0 radical (unpaired) electrons. The van der Waals surface area contributed by atoms with Gasteiger partial charge in [0.2, 0.25) is 0 Å². The first-order valence-corrected chi connectivity index (χ1v) is 6.28. The van der Waals surface area contributed by atoms with Gasteiger partial charge in [-0.25, -0.2) is 4.68 Å². The molecule has 5 heteroatoms. The van der Waals surface area contributed by atoms with Gasteiger partial charge in [0.1, 0.15) is 0 Å². The Morgan fingerprint density at radius 1 is 1.28 bits per heavy atom. The summed E-state index contributed by atoms with van der Waals surface area (Å²) in [6.45, 7) is 3.19. The Bertz CT molecular complexity index is 539. The van der Waals surface area contributed by atoms with E-state index in [0.29, 0.717) is 5.41 Å². The van der Waals surface area contributed by atoms with Gasteiger partial charge in [0.05, 0.1) is 6.54 Å². The number of rotatable bonds is 3. The van der Waals surface area contributed by atoms with Crippen LogP contribution in [0.3, 0.4) is 0 Å². The molecule has 0 amide bonds. The van der Waals surface area contributed by atoms with Crippen LogP contribution in [-0.4, -0.2) is 20.2 Å². The minimum atomic E-state index is 0.359. The van der Waals surface area contributed by atoms with Crippen LogP contribution >= 0.6 is 0 Å². The first-order valence-electron chi connectivity index (χ1n) is 6.28. The highest BCUT2D eigenvalue weighted by molar-refractivity contribution is 5.58. The molecule has 0 atom stereocenters. The molecule has 1 aliphatic carbocycles. The van der Waals surface area contributed by atoms with Gasteiger partial charge >= 0.3 is 0 Å². The lowest BCUT2D eigenvalue weighted by molar-refractivity contribution is 0.126. The van der Waals surface area contributed by atoms with Crippen molar-refractivity contribution in [3.05, 3.63) is 24.3 Å². The fourth-order valence-corrected chi connectivity index (χ4v) is 2.45. The number of nitrogens with two attached hydrogens (primary N) is 1. The highest BCUT2D eigenvalue weighted by Crippen LogP contribution is 2.41. The van der Waals surface area contributed by atoms with Crippen LogP contribution in [-0.2, 0) is 6.54 Å². The molecule has 2 aromatic rings. The van der Waals surface area contributed by atoms with E-state index in [2.05, 4.69) is 22.4 Å². The largest absolute Gasteiger partial charge is 0.399 e. The summed E-state index contributed by atoms with van der Waals surface area (Å²) < 4.78 is 1.91. The fraction of sp³-hybridized carbons (Fsp3) is 0.462. The summed E-state index contributed by atoms with van der Waals surface area (Å²) >= 11 is 0. The van der Waals surface area contributed by atoms with Crippen LogP contribution in [0.1, 0.15) is 26.2 Å². The maximum atomic E-state index is 5.69. The number of nitrogens with zero attached hydrogens (tertiary/aromatic N) is 4. The Kier molecular flexibility index (Phi) is 2.54. The molecule has 0 unspecified atom stereocenters. The van der Waals surface area contributed by atoms with Crippen molar-refractivity contribution in [2.45, 2.75) is 32.7 Å². The molecular formula is C13H17N5. The Balaban J connectivity index is 1.89. The molecule has 3 rings (SSSR count). The molecular weight excluding hydrogens is 226 g/mol. The quantitative estimate of drug-likeness (QED) is 0.838. The van der Waals surface area contributed by atoms with Crippen molar-refractivity contribution >= 4 is 5.69 Å². The van der Waals surface area contributed by atoms with Crippen molar-refractivity contribution in [3.63, 3.8) is 0 Å². The van der Waals surface area contributed by atoms with Crippen molar-refractivity contribution in [1.82, 2.24) is 20.2 Å². The number of benzene rings is 1. The summed E-state index contributed by atoms with van der Waals surface area (Å²) in [5, 5.41) is 12.0. The van der Waals surface area contributed by atoms with Gasteiger partial charge in [-0.1, -0.05) is 13.3 Å². The topological polar surface area (TPSA) is 69.6 Å². The van der Waals surface area contributed by atoms with Crippen LogP contribution in [0.25, 0.3) is 11.4 Å². The van der Waals surface area contributed by atoms with Crippen LogP contribution in [0.15, 0.2) is 24.3 Å². The zero-order valence-corrected chi connectivity index (χ0v) is 10.5. The van der Waals surface area contributed by atoms with E-state index in [-0.39, 0.29) is 0 Å². The van der Waals surface area contributed by atoms with E-state index >= 15 is 0 Å². The lowest BCUT2D eigenvalue weighted by atomic mass is 9.70. The number of nitrogen functional groups attached to an aromatic ring is 1. The Morgan fingerprint density at radius 2 is 2.00 bits per heavy atom. The van der Waals surface area contributed by atoms with Crippen molar-refractivity contribution in [3.8, 4) is 11.4 Å². The van der Waals surface area contributed by atoms with Crippen LogP contribution in [0, 0.1) is 5.41 Å². The summed E-state index contributed by atoms with van der Waals surface area (Å²) in [5.41, 5.74) is 7.82. The van der Waals surface area contributed by atoms with Gasteiger partial charge in [-0.2, -0.15) is 0 Å². The van der Waals surface area contributed by atoms with Gasteiger partial charge in [-0.05, 0) is 52.9 Å². The second-order valence-corrected chi connectivity index (χ2v) is 5.45. The van der Waals surface area contributed by atoms with Gasteiger partial charge in [-0.15, -0.1) is 5.10 Å². The molecule has 0 aliphatic heterocycles. The zero-order valence-electron chi connectivity index (χ0n) is 10.5. The number of anilines is 1. The fourth-order valence-electron chi connectivity index (χ4n) is 2.45. The molecule has 18 heavy (non-hydrogen) atoms. The Morgan fingerprint density at radius 3 is 2.61 bits per heavy atom. The molecule has 94 valence electrons. The predicted octanol–water partition coefficient (Wildman–Crippen LogP) is 2.11. The van der Waals surface area contributed by atoms with Gasteiger partial charge in [0.15, 0.2) is 5.82 Å². The molecule has 0 spiro atoms. The van der Waals surface area contributed by atoms with Crippen molar-refractivity contribution in [2.75, 3.05) is 5.73 Å². The number of tetrazole rings is 1. The monoisotopic (exact) mass is 243 g/mol. The van der Waals surface area contributed by atoms with E-state index in [4.69, 9.17) is 5.73 Å². The van der Waals surface area contributed by atoms with E-state index in [1.54, 1.807) is 0 Å². The summed E-state index contributed by atoms with van der Waals surface area (Å²) in [5.74, 6) is 0.822. The maximum absolute atomic E-state index is 5.69. The number of hydrogen-bond donors (Lipinski definition) is 1. The molecule has 1 saturated carbocycles. The van der Waals surface area contributed by atoms with E-state index in [0.717, 1.165) is 23.6 Å². The minimum absolute atomic E-state index is 0.359. The van der Waals surface area contributed by atoms with Crippen LogP contribution in [0.4, 0.5) is 5.69 Å². The molecule has 0 bridgehead atoms. The average molecular weight is 243 g/mol. The predicted molar refractivity (Wildman–Crippen MR) is 69.6 cm³/mol. The summed E-state index contributed by atoms with van der Waals surface area (Å²) in [6, 6.07) is 7.67. The molecule has 1 fully saturated rings. The lowest BCUT2D eigenvalue weighted by Gasteiger charge is -2.38. The lowest BCUT2D eigenvalue weighted by Crippen LogP contribution is -2.31. The molecule has 0 saturated heterocycles. The number of hydrogen-bond acceptors (Lipinski definition) is 4. The van der Waals surface area contributed by atoms with Crippen LogP contribution in [0.2, 0.25) is 0 Å². The normalized spacial score (nSPS) is 17.4. The Hall–Kier alpha value is -1.91. The molecule has 1 aliphatic rings. The third-order valence-electron chi connectivity index (χ3n) is 3.79. The molecule has 2 N–H and O–H groups in total. The van der Waals surface area contributed by atoms with Gasteiger partial charge in [0.25, 0.3) is 0 Å². The molecule has 1 aromatic carbocycles. The highest BCUT2D eigenvalue weighted by Gasteiger charge is 2.33. The maximum Gasteiger partial charge on any atom is 0.182 e. The van der Waals surface area contributed by atoms with Gasteiger partial charge in [-0.3, -0.25) is 0 Å². The zero-order chi connectivity index (χ0) is 12.6. The molecule has 5 nitrogen and oxygen atoms in total. The highest BCUT2D eigenvalue weighted by atomic mass is 15.5. The van der Waals surface area contributed by atoms with E-state index in [1.807, 2.05) is 28.9 Å². The third-order valence-corrected chi connectivity index (χ3v) is 3.79. The molecule has 1 aromatic heterocycles. The second kappa shape index (κ2) is 4.08. The Labute approximate surface area is 106 Å². The van der Waals surface area contributed by atoms with E-state index in [9.17, 15) is 0 Å². The second-order valence-electron chi connectivity index (χ2n) is 5.45. The van der Waals surface area contributed by atoms with Crippen molar-refractivity contribution in [1.29, 1.82) is 0 Å². The SMILES string of the molecule is CC1(Cn2nnnc2-c2ccc(N)cc2)CCC1. The number of aromatic nitrogens is 4.